The number of carbonyl (C=O) groups excluding carboxylic acids is 1. The maximum absolute atomic E-state index is 11.9. The molecule has 0 radical (unpaired) electrons. The van der Waals surface area contributed by atoms with Crippen LogP contribution in [0.4, 0.5) is 5.69 Å². The first-order chi connectivity index (χ1) is 13.0. The molecule has 0 spiro atoms. The molecule has 9 nitrogen and oxygen atoms in total. The second kappa shape index (κ2) is 8.23. The highest BCUT2D eigenvalue weighted by atomic mass is 32.2. The Morgan fingerprint density at radius 3 is 2.89 bits per heavy atom. The van der Waals surface area contributed by atoms with E-state index < -0.39 is 10.8 Å². The van der Waals surface area contributed by atoms with Crippen LogP contribution >= 0.6 is 11.8 Å². The molecule has 0 saturated carbocycles. The van der Waals surface area contributed by atoms with E-state index in [4.69, 9.17) is 0 Å². The number of nitro groups is 1. The Bertz CT molecular complexity index is 1000. The molecule has 1 aromatic carbocycles. The van der Waals surface area contributed by atoms with Crippen LogP contribution in [0.2, 0.25) is 0 Å². The predicted molar refractivity (Wildman–Crippen MR) is 99.7 cm³/mol. The zero-order valence-corrected chi connectivity index (χ0v) is 15.0. The first-order valence-corrected chi connectivity index (χ1v) is 8.53. The number of carbonyl (C=O) groups is 1. The molecule has 0 atom stereocenters. The van der Waals surface area contributed by atoms with Gasteiger partial charge >= 0.3 is 0 Å². The third kappa shape index (κ3) is 4.55. The van der Waals surface area contributed by atoms with Crippen molar-refractivity contribution < 1.29 is 9.72 Å². The van der Waals surface area contributed by atoms with Crippen molar-refractivity contribution >= 4 is 29.6 Å². The fourth-order valence-electron chi connectivity index (χ4n) is 2.12. The fraction of sp³-hybridized carbons (Fsp3) is 0.0588. The number of rotatable bonds is 6. The number of nitrogens with one attached hydrogen (secondary N) is 1. The van der Waals surface area contributed by atoms with Crippen LogP contribution in [0, 0.1) is 10.1 Å². The van der Waals surface area contributed by atoms with Crippen LogP contribution in [0.5, 0.6) is 0 Å². The summed E-state index contributed by atoms with van der Waals surface area (Å²) in [5.74, 6) is -0.421. The number of aryl methyl sites for hydroxylation is 1. The molecule has 0 saturated heterocycles. The molecule has 2 heterocycles. The number of nitrogens with zero attached hydrogens (tertiary/aromatic N) is 5. The van der Waals surface area contributed by atoms with Crippen molar-refractivity contribution in [2.24, 2.45) is 12.1 Å². The summed E-state index contributed by atoms with van der Waals surface area (Å²) in [4.78, 5) is 31.3. The molecule has 0 aliphatic rings. The third-order valence-corrected chi connectivity index (χ3v) is 4.60. The summed E-state index contributed by atoms with van der Waals surface area (Å²) in [6.45, 7) is 0. The summed E-state index contributed by atoms with van der Waals surface area (Å²) in [5.41, 5.74) is 3.14. The van der Waals surface area contributed by atoms with Gasteiger partial charge in [0, 0.05) is 43.5 Å². The van der Waals surface area contributed by atoms with Crippen LogP contribution < -0.4 is 5.43 Å². The van der Waals surface area contributed by atoms with E-state index in [1.165, 1.54) is 30.2 Å². The van der Waals surface area contributed by atoms with Gasteiger partial charge in [0.05, 0.1) is 21.6 Å². The van der Waals surface area contributed by atoms with Crippen molar-refractivity contribution in [1.82, 2.24) is 20.0 Å². The number of hydrogen-bond acceptors (Lipinski definition) is 7. The fourth-order valence-corrected chi connectivity index (χ4v) is 3.01. The summed E-state index contributed by atoms with van der Waals surface area (Å²) < 4.78 is 1.78. The van der Waals surface area contributed by atoms with Crippen LogP contribution in [0.3, 0.4) is 0 Å². The highest BCUT2D eigenvalue weighted by Gasteiger charge is 2.17. The number of hydrazone groups is 1. The van der Waals surface area contributed by atoms with Crippen molar-refractivity contribution in [3.8, 4) is 0 Å². The first-order valence-electron chi connectivity index (χ1n) is 7.71. The quantitative estimate of drug-likeness (QED) is 0.398. The molecule has 0 fully saturated rings. The topological polar surface area (TPSA) is 115 Å². The van der Waals surface area contributed by atoms with Gasteiger partial charge in [0.15, 0.2) is 5.16 Å². The molecule has 2 aromatic heterocycles. The van der Waals surface area contributed by atoms with Crippen molar-refractivity contribution in [3.05, 3.63) is 76.4 Å². The summed E-state index contributed by atoms with van der Waals surface area (Å²) in [7, 11) is 1.81. The number of benzene rings is 1. The average Bonchev–Trinajstić information content (AvgIpc) is 3.08. The Morgan fingerprint density at radius 1 is 1.37 bits per heavy atom. The van der Waals surface area contributed by atoms with Gasteiger partial charge in [0.2, 0.25) is 0 Å². The van der Waals surface area contributed by atoms with Crippen LogP contribution in [-0.2, 0) is 7.05 Å². The number of pyridine rings is 1. The Morgan fingerprint density at radius 2 is 2.22 bits per heavy atom. The van der Waals surface area contributed by atoms with Crippen molar-refractivity contribution in [2.75, 3.05) is 0 Å². The second-order valence-electron chi connectivity index (χ2n) is 5.35. The van der Waals surface area contributed by atoms with E-state index in [-0.39, 0.29) is 5.69 Å². The van der Waals surface area contributed by atoms with Crippen LogP contribution in [0.15, 0.2) is 70.3 Å². The van der Waals surface area contributed by atoms with Crippen LogP contribution in [-0.4, -0.2) is 31.6 Å². The van der Waals surface area contributed by atoms with Gasteiger partial charge in [-0.05, 0) is 30.0 Å². The van der Waals surface area contributed by atoms with E-state index in [1.54, 1.807) is 47.4 Å². The Labute approximate surface area is 158 Å². The van der Waals surface area contributed by atoms with Crippen molar-refractivity contribution in [1.29, 1.82) is 0 Å². The highest BCUT2D eigenvalue weighted by Crippen LogP contribution is 2.34. The van der Waals surface area contributed by atoms with E-state index >= 15 is 0 Å². The zero-order valence-electron chi connectivity index (χ0n) is 14.1. The number of amides is 1. The Hall–Kier alpha value is -3.53. The van der Waals surface area contributed by atoms with Gasteiger partial charge in [-0.3, -0.25) is 19.9 Å². The largest absolute Gasteiger partial charge is 0.329 e. The Balaban J connectivity index is 1.75. The molecule has 0 unspecified atom stereocenters. The molecule has 0 aliphatic heterocycles. The monoisotopic (exact) mass is 382 g/mol. The molecule has 1 N–H and O–H groups in total. The molecular weight excluding hydrogens is 368 g/mol. The van der Waals surface area contributed by atoms with Gasteiger partial charge in [0.1, 0.15) is 0 Å². The van der Waals surface area contributed by atoms with Gasteiger partial charge in [0.25, 0.3) is 11.6 Å². The van der Waals surface area contributed by atoms with E-state index in [2.05, 4.69) is 20.5 Å². The number of nitro benzene ring substituents is 1. The number of aromatic nitrogens is 3. The van der Waals surface area contributed by atoms with E-state index in [0.717, 1.165) is 0 Å². The molecule has 0 aliphatic carbocycles. The standard InChI is InChI=1S/C17H14N6O3S/c1-22-8-7-19-17(22)27-15-5-4-12(9-14(15)23(25)26)10-20-21-16(24)13-3-2-6-18-11-13/h2-11H,1H3,(H,21,24). The zero-order chi connectivity index (χ0) is 19.2. The lowest BCUT2D eigenvalue weighted by Gasteiger charge is -2.04. The minimum atomic E-state index is -0.461. The molecule has 3 aromatic rings. The first kappa shape index (κ1) is 18.3. The summed E-state index contributed by atoms with van der Waals surface area (Å²) in [6.07, 6.45) is 7.71. The molecule has 136 valence electrons. The minimum Gasteiger partial charge on any atom is -0.329 e. The van der Waals surface area contributed by atoms with Gasteiger partial charge in [-0.25, -0.2) is 10.4 Å². The summed E-state index contributed by atoms with van der Waals surface area (Å²) in [6, 6.07) is 7.94. The molecule has 0 bridgehead atoms. The SMILES string of the molecule is Cn1ccnc1Sc1ccc(C=NNC(=O)c2cccnc2)cc1[N+](=O)[O-]. The third-order valence-electron chi connectivity index (χ3n) is 3.46. The molecule has 1 amide bonds. The minimum absolute atomic E-state index is 0.0643. The van der Waals surface area contributed by atoms with Gasteiger partial charge in [-0.2, -0.15) is 5.10 Å². The maximum atomic E-state index is 11.9. The van der Waals surface area contributed by atoms with E-state index in [1.807, 2.05) is 7.05 Å². The van der Waals surface area contributed by atoms with Crippen LogP contribution in [0.1, 0.15) is 15.9 Å². The molecule has 10 heteroatoms. The van der Waals surface area contributed by atoms with Gasteiger partial charge in [-0.1, -0.05) is 6.07 Å². The van der Waals surface area contributed by atoms with Gasteiger partial charge in [-0.15, -0.1) is 0 Å². The van der Waals surface area contributed by atoms with Crippen molar-refractivity contribution in [3.63, 3.8) is 0 Å². The second-order valence-corrected chi connectivity index (χ2v) is 6.36. The average molecular weight is 382 g/mol. The lowest BCUT2D eigenvalue weighted by molar-refractivity contribution is -0.387. The lowest BCUT2D eigenvalue weighted by Crippen LogP contribution is -2.17. The summed E-state index contributed by atoms with van der Waals surface area (Å²) in [5, 5.41) is 15.9. The van der Waals surface area contributed by atoms with Crippen LogP contribution in [0.25, 0.3) is 0 Å². The molecule has 3 rings (SSSR count). The smallest absolute Gasteiger partial charge is 0.283 e. The van der Waals surface area contributed by atoms with E-state index in [9.17, 15) is 14.9 Å². The van der Waals surface area contributed by atoms with Gasteiger partial charge < -0.3 is 4.57 Å². The van der Waals surface area contributed by atoms with E-state index in [0.29, 0.717) is 21.2 Å². The molecular formula is C17H14N6O3S. The number of imidazole rings is 1. The number of hydrogen-bond donors (Lipinski definition) is 1. The normalized spacial score (nSPS) is 10.9. The lowest BCUT2D eigenvalue weighted by atomic mass is 10.2. The van der Waals surface area contributed by atoms with Crippen molar-refractivity contribution in [2.45, 2.75) is 10.1 Å². The predicted octanol–water partition coefficient (Wildman–Crippen LogP) is 2.64. The Kier molecular flexibility index (Phi) is 5.57. The summed E-state index contributed by atoms with van der Waals surface area (Å²) >= 11 is 1.20. The maximum Gasteiger partial charge on any atom is 0.283 e. The molecule has 27 heavy (non-hydrogen) atoms. The highest BCUT2D eigenvalue weighted by molar-refractivity contribution is 7.99.